The molecule has 1 N–H and O–H groups in total. The topological polar surface area (TPSA) is 31.4 Å². The maximum Gasteiger partial charge on any atom is 0.0544 e. The summed E-state index contributed by atoms with van der Waals surface area (Å²) < 4.78 is 0. The molecule has 1 aliphatic heterocycles. The minimum Gasteiger partial charge on any atom is -0.318 e. The zero-order valence-electron chi connectivity index (χ0n) is 12.3. The third-order valence-corrected chi connectivity index (χ3v) is 4.13. The van der Waals surface area contributed by atoms with Crippen LogP contribution in [0.2, 0.25) is 0 Å². The minimum absolute atomic E-state index is 0.557. The van der Waals surface area contributed by atoms with E-state index in [0.29, 0.717) is 12.1 Å². The van der Waals surface area contributed by atoms with Crippen molar-refractivity contribution in [3.63, 3.8) is 0 Å². The Balaban J connectivity index is 2.06. The molecule has 1 aliphatic rings. The summed E-state index contributed by atoms with van der Waals surface area (Å²) in [5, 5.41) is 3.33. The molecule has 2 heterocycles. The van der Waals surface area contributed by atoms with Crippen LogP contribution in [0.15, 0.2) is 24.4 Å². The second kappa shape index (κ2) is 6.98. The zero-order chi connectivity index (χ0) is 13.7. The third-order valence-electron chi connectivity index (χ3n) is 4.13. The molecule has 1 aromatic heterocycles. The van der Waals surface area contributed by atoms with Gasteiger partial charge < -0.3 is 10.2 Å². The van der Waals surface area contributed by atoms with Crippen LogP contribution >= 0.6 is 0 Å². The van der Waals surface area contributed by atoms with Crippen molar-refractivity contribution in [2.24, 2.45) is 0 Å². The van der Waals surface area contributed by atoms with Crippen LogP contribution in [-0.2, 0) is 6.54 Å². The molecule has 1 aromatic rings. The van der Waals surface area contributed by atoms with Crippen LogP contribution in [0.1, 0.15) is 19.0 Å². The first kappa shape index (κ1) is 14.4. The summed E-state index contributed by atoms with van der Waals surface area (Å²) in [6.07, 6.45) is 3.11. The molecule has 0 aliphatic carbocycles. The predicted molar refractivity (Wildman–Crippen MR) is 79.1 cm³/mol. The molecule has 0 saturated carbocycles. The summed E-state index contributed by atoms with van der Waals surface area (Å²) in [5.41, 5.74) is 1.17. The van der Waals surface area contributed by atoms with Gasteiger partial charge in [-0.15, -0.1) is 0 Å². The summed E-state index contributed by atoms with van der Waals surface area (Å²) in [7, 11) is 4.27. The summed E-state index contributed by atoms with van der Waals surface area (Å²) in [4.78, 5) is 9.50. The van der Waals surface area contributed by atoms with Gasteiger partial charge in [-0.3, -0.25) is 9.88 Å². The van der Waals surface area contributed by atoms with Gasteiger partial charge in [0.05, 0.1) is 5.69 Å². The Morgan fingerprint density at radius 3 is 2.95 bits per heavy atom. The number of nitrogens with one attached hydrogen (secondary N) is 1. The maximum atomic E-state index is 4.46. The van der Waals surface area contributed by atoms with Crippen LogP contribution in [0, 0.1) is 0 Å². The number of hydrogen-bond donors (Lipinski definition) is 1. The maximum absolute atomic E-state index is 4.46. The lowest BCUT2D eigenvalue weighted by Gasteiger charge is -2.30. The Morgan fingerprint density at radius 2 is 2.26 bits per heavy atom. The van der Waals surface area contributed by atoms with E-state index in [9.17, 15) is 0 Å². The fourth-order valence-corrected chi connectivity index (χ4v) is 2.72. The Kier molecular flexibility index (Phi) is 5.31. The van der Waals surface area contributed by atoms with Crippen LogP contribution < -0.4 is 5.32 Å². The van der Waals surface area contributed by atoms with Crippen molar-refractivity contribution in [1.29, 1.82) is 0 Å². The number of likely N-dealkylation sites (N-methyl/N-ethyl adjacent to an activating group) is 2. The highest BCUT2D eigenvalue weighted by atomic mass is 15.3. The molecule has 4 nitrogen and oxygen atoms in total. The van der Waals surface area contributed by atoms with Crippen molar-refractivity contribution < 1.29 is 0 Å². The lowest BCUT2D eigenvalue weighted by Crippen LogP contribution is -2.46. The minimum atomic E-state index is 0.557. The Morgan fingerprint density at radius 1 is 1.42 bits per heavy atom. The largest absolute Gasteiger partial charge is 0.318 e. The van der Waals surface area contributed by atoms with Gasteiger partial charge in [-0.25, -0.2) is 0 Å². The lowest BCUT2D eigenvalue weighted by atomic mass is 10.2. The van der Waals surface area contributed by atoms with Crippen molar-refractivity contribution in [3.05, 3.63) is 30.1 Å². The molecule has 0 radical (unpaired) electrons. The summed E-state index contributed by atoms with van der Waals surface area (Å²) in [6, 6.07) is 7.39. The van der Waals surface area contributed by atoms with Gasteiger partial charge >= 0.3 is 0 Å². The molecule has 0 spiro atoms. The SMILES string of the molecule is CNCC1CN(C)C(C)CCN1Cc1ccccn1. The lowest BCUT2D eigenvalue weighted by molar-refractivity contribution is 0.172. The molecule has 2 atom stereocenters. The van der Waals surface area contributed by atoms with E-state index in [1.807, 2.05) is 19.3 Å². The molecule has 1 fully saturated rings. The van der Waals surface area contributed by atoms with E-state index in [2.05, 4.69) is 46.2 Å². The highest BCUT2D eigenvalue weighted by Crippen LogP contribution is 2.15. The quantitative estimate of drug-likeness (QED) is 0.883. The number of pyridine rings is 1. The van der Waals surface area contributed by atoms with E-state index in [1.165, 1.54) is 12.1 Å². The van der Waals surface area contributed by atoms with Crippen LogP contribution in [0.3, 0.4) is 0 Å². The number of aromatic nitrogens is 1. The molecule has 19 heavy (non-hydrogen) atoms. The Labute approximate surface area is 116 Å². The van der Waals surface area contributed by atoms with Crippen molar-refractivity contribution in [3.8, 4) is 0 Å². The summed E-state index contributed by atoms with van der Waals surface area (Å²) in [5.74, 6) is 0. The third kappa shape index (κ3) is 4.00. The number of hydrogen-bond acceptors (Lipinski definition) is 4. The second-order valence-electron chi connectivity index (χ2n) is 5.58. The average Bonchev–Trinajstić information content (AvgIpc) is 2.54. The molecule has 0 aromatic carbocycles. The van der Waals surface area contributed by atoms with Crippen LogP contribution in [0.5, 0.6) is 0 Å². The first-order valence-electron chi connectivity index (χ1n) is 7.19. The first-order chi connectivity index (χ1) is 9.20. The number of nitrogens with zero attached hydrogens (tertiary/aromatic N) is 3. The van der Waals surface area contributed by atoms with Crippen LogP contribution in [0.4, 0.5) is 0 Å². The molecule has 1 saturated heterocycles. The van der Waals surface area contributed by atoms with Crippen molar-refractivity contribution >= 4 is 0 Å². The van der Waals surface area contributed by atoms with Crippen molar-refractivity contribution in [2.75, 3.05) is 33.7 Å². The molecule has 0 amide bonds. The first-order valence-corrected chi connectivity index (χ1v) is 7.19. The average molecular weight is 262 g/mol. The normalized spacial score (nSPS) is 26.3. The fraction of sp³-hybridized carbons (Fsp3) is 0.667. The van der Waals surface area contributed by atoms with Gasteiger partial charge in [-0.2, -0.15) is 0 Å². The summed E-state index contributed by atoms with van der Waals surface area (Å²) >= 11 is 0. The van der Waals surface area contributed by atoms with Crippen molar-refractivity contribution in [1.82, 2.24) is 20.1 Å². The van der Waals surface area contributed by atoms with E-state index in [0.717, 1.165) is 26.2 Å². The van der Waals surface area contributed by atoms with Gasteiger partial charge in [-0.05, 0) is 39.6 Å². The van der Waals surface area contributed by atoms with E-state index in [1.54, 1.807) is 0 Å². The highest BCUT2D eigenvalue weighted by molar-refractivity contribution is 5.04. The molecule has 4 heteroatoms. The second-order valence-corrected chi connectivity index (χ2v) is 5.58. The molecular formula is C15H26N4. The van der Waals surface area contributed by atoms with E-state index >= 15 is 0 Å². The molecule has 2 unspecified atom stereocenters. The Bertz CT molecular complexity index is 368. The van der Waals surface area contributed by atoms with Gasteiger partial charge in [0.2, 0.25) is 0 Å². The molecule has 2 rings (SSSR count). The molecule has 0 bridgehead atoms. The smallest absolute Gasteiger partial charge is 0.0544 e. The fourth-order valence-electron chi connectivity index (χ4n) is 2.72. The van der Waals surface area contributed by atoms with Gasteiger partial charge in [0.25, 0.3) is 0 Å². The predicted octanol–water partition coefficient (Wildman–Crippen LogP) is 1.20. The van der Waals surface area contributed by atoms with E-state index in [4.69, 9.17) is 0 Å². The zero-order valence-corrected chi connectivity index (χ0v) is 12.3. The highest BCUT2D eigenvalue weighted by Gasteiger charge is 2.26. The standard InChI is InChI=1S/C15H26N4/c1-13-7-9-19(11-14-6-4-5-8-17-14)15(10-16-2)12-18(13)3/h4-6,8,13,15-16H,7,9-12H2,1-3H3. The van der Waals surface area contributed by atoms with Gasteiger partial charge in [-0.1, -0.05) is 6.07 Å². The number of rotatable bonds is 4. The Hall–Kier alpha value is -0.970. The van der Waals surface area contributed by atoms with Gasteiger partial charge in [0.15, 0.2) is 0 Å². The summed E-state index contributed by atoms with van der Waals surface area (Å²) in [6.45, 7) is 6.57. The van der Waals surface area contributed by atoms with Crippen LogP contribution in [0.25, 0.3) is 0 Å². The molecule has 106 valence electrons. The van der Waals surface area contributed by atoms with E-state index < -0.39 is 0 Å². The van der Waals surface area contributed by atoms with Gasteiger partial charge in [0.1, 0.15) is 0 Å². The monoisotopic (exact) mass is 262 g/mol. The van der Waals surface area contributed by atoms with Crippen molar-refractivity contribution in [2.45, 2.75) is 32.0 Å². The van der Waals surface area contributed by atoms with E-state index in [-0.39, 0.29) is 0 Å². The molecular weight excluding hydrogens is 236 g/mol. The van der Waals surface area contributed by atoms with Crippen LogP contribution in [-0.4, -0.2) is 60.6 Å². The van der Waals surface area contributed by atoms with Gasteiger partial charge in [0, 0.05) is 44.5 Å².